The minimum atomic E-state index is -0.394. The number of thioether (sulfide) groups is 1. The summed E-state index contributed by atoms with van der Waals surface area (Å²) in [5, 5.41) is 15.0. The standard InChI is InChI=1S/C17H13FN6O2S2/c1-26-12-5-6-13-14(8-12)28-16(19-13)20-15(25)9-27-17-21-22-23-24(17)11-4-2-3-10(18)7-11/h2-8H,9H2,1H3,(H,19,20,25). The lowest BCUT2D eigenvalue weighted by molar-refractivity contribution is -0.113. The number of rotatable bonds is 6. The smallest absolute Gasteiger partial charge is 0.236 e. The third kappa shape index (κ3) is 3.94. The number of benzene rings is 2. The number of carbonyl (C=O) groups is 1. The van der Waals surface area contributed by atoms with Crippen LogP contribution >= 0.6 is 23.1 Å². The zero-order valence-corrected chi connectivity index (χ0v) is 16.1. The molecule has 0 radical (unpaired) electrons. The minimum absolute atomic E-state index is 0.0783. The normalized spacial score (nSPS) is 10.9. The minimum Gasteiger partial charge on any atom is -0.497 e. The number of carbonyl (C=O) groups excluding carboxylic acids is 1. The van der Waals surface area contributed by atoms with Crippen LogP contribution in [0.4, 0.5) is 9.52 Å². The van der Waals surface area contributed by atoms with E-state index in [9.17, 15) is 9.18 Å². The number of hydrogen-bond acceptors (Lipinski definition) is 8. The van der Waals surface area contributed by atoms with Gasteiger partial charge >= 0.3 is 0 Å². The summed E-state index contributed by atoms with van der Waals surface area (Å²) in [6.45, 7) is 0. The summed E-state index contributed by atoms with van der Waals surface area (Å²) < 4.78 is 20.9. The second-order valence-electron chi connectivity index (χ2n) is 5.54. The summed E-state index contributed by atoms with van der Waals surface area (Å²) in [5.41, 5.74) is 1.26. The fourth-order valence-corrected chi connectivity index (χ4v) is 4.01. The fraction of sp³-hybridized carbons (Fsp3) is 0.118. The van der Waals surface area contributed by atoms with Crippen molar-refractivity contribution in [3.8, 4) is 11.4 Å². The summed E-state index contributed by atoms with van der Waals surface area (Å²) >= 11 is 2.50. The molecule has 0 aliphatic heterocycles. The molecule has 0 aliphatic rings. The third-order valence-electron chi connectivity index (χ3n) is 3.67. The summed E-state index contributed by atoms with van der Waals surface area (Å²) in [5.74, 6) is 0.169. The molecule has 0 aliphatic carbocycles. The Labute approximate surface area is 166 Å². The molecule has 0 unspecified atom stereocenters. The van der Waals surface area contributed by atoms with Crippen molar-refractivity contribution in [1.82, 2.24) is 25.2 Å². The molecule has 4 aromatic rings. The van der Waals surface area contributed by atoms with E-state index in [2.05, 4.69) is 25.8 Å². The average Bonchev–Trinajstić information content (AvgIpc) is 3.31. The highest BCUT2D eigenvalue weighted by Gasteiger charge is 2.14. The van der Waals surface area contributed by atoms with E-state index in [4.69, 9.17) is 4.74 Å². The Morgan fingerprint density at radius 3 is 3.04 bits per heavy atom. The van der Waals surface area contributed by atoms with Crippen molar-refractivity contribution in [2.75, 3.05) is 18.2 Å². The van der Waals surface area contributed by atoms with Crippen molar-refractivity contribution in [2.24, 2.45) is 0 Å². The van der Waals surface area contributed by atoms with Crippen molar-refractivity contribution in [3.05, 3.63) is 48.3 Å². The van der Waals surface area contributed by atoms with Crippen LogP contribution in [0.1, 0.15) is 0 Å². The van der Waals surface area contributed by atoms with E-state index in [0.717, 1.165) is 27.7 Å². The van der Waals surface area contributed by atoms with Crippen LogP contribution in [0.15, 0.2) is 47.6 Å². The van der Waals surface area contributed by atoms with Crippen LogP contribution in [0.2, 0.25) is 0 Å². The number of hydrogen-bond donors (Lipinski definition) is 1. The molecule has 0 bridgehead atoms. The first-order valence-corrected chi connectivity index (χ1v) is 9.84. The van der Waals surface area contributed by atoms with Crippen LogP contribution in [0.25, 0.3) is 15.9 Å². The van der Waals surface area contributed by atoms with Gasteiger partial charge in [-0.25, -0.2) is 9.37 Å². The molecule has 4 rings (SSSR count). The van der Waals surface area contributed by atoms with Crippen LogP contribution < -0.4 is 10.1 Å². The highest BCUT2D eigenvalue weighted by Crippen LogP contribution is 2.29. The molecule has 2 aromatic carbocycles. The highest BCUT2D eigenvalue weighted by molar-refractivity contribution is 7.99. The Bertz CT molecular complexity index is 1150. The number of tetrazole rings is 1. The molecule has 142 valence electrons. The van der Waals surface area contributed by atoms with Gasteiger partial charge in [-0.05, 0) is 46.8 Å². The second-order valence-corrected chi connectivity index (χ2v) is 7.52. The van der Waals surface area contributed by atoms with Gasteiger partial charge in [0.2, 0.25) is 11.1 Å². The number of amides is 1. The summed E-state index contributed by atoms with van der Waals surface area (Å²) in [6.07, 6.45) is 0. The van der Waals surface area contributed by atoms with Crippen molar-refractivity contribution < 1.29 is 13.9 Å². The lowest BCUT2D eigenvalue weighted by atomic mass is 10.3. The topological polar surface area (TPSA) is 94.8 Å². The van der Waals surface area contributed by atoms with Crippen LogP contribution in [0.5, 0.6) is 5.75 Å². The maximum Gasteiger partial charge on any atom is 0.236 e. The quantitative estimate of drug-likeness (QED) is 0.483. The van der Waals surface area contributed by atoms with Gasteiger partial charge in [0.15, 0.2) is 5.13 Å². The molecule has 1 N–H and O–H groups in total. The third-order valence-corrected chi connectivity index (χ3v) is 5.52. The summed E-state index contributed by atoms with van der Waals surface area (Å²) in [6, 6.07) is 11.4. The first kappa shape index (κ1) is 18.3. The van der Waals surface area contributed by atoms with Gasteiger partial charge in [-0.1, -0.05) is 29.2 Å². The number of halogens is 1. The number of nitrogens with zero attached hydrogens (tertiary/aromatic N) is 5. The van der Waals surface area contributed by atoms with Crippen LogP contribution in [0.3, 0.4) is 0 Å². The molecule has 2 heterocycles. The monoisotopic (exact) mass is 416 g/mol. The summed E-state index contributed by atoms with van der Waals surface area (Å²) in [4.78, 5) is 16.7. The number of nitrogens with one attached hydrogen (secondary N) is 1. The largest absolute Gasteiger partial charge is 0.497 e. The number of aromatic nitrogens is 5. The van der Waals surface area contributed by atoms with Gasteiger partial charge in [0, 0.05) is 0 Å². The Morgan fingerprint density at radius 2 is 2.21 bits per heavy atom. The lowest BCUT2D eigenvalue weighted by Crippen LogP contribution is -2.14. The molecule has 0 atom stereocenters. The maximum atomic E-state index is 13.4. The SMILES string of the molecule is COc1ccc2nc(NC(=O)CSc3nnnn3-c3cccc(F)c3)sc2c1. The Balaban J connectivity index is 1.42. The Morgan fingerprint density at radius 1 is 1.32 bits per heavy atom. The van der Waals surface area contributed by atoms with Gasteiger partial charge in [-0.3, -0.25) is 4.79 Å². The van der Waals surface area contributed by atoms with E-state index in [0.29, 0.717) is 16.0 Å². The lowest BCUT2D eigenvalue weighted by Gasteiger charge is -2.04. The zero-order valence-electron chi connectivity index (χ0n) is 14.5. The molecular weight excluding hydrogens is 403 g/mol. The number of ether oxygens (including phenoxy) is 1. The second kappa shape index (κ2) is 7.90. The van der Waals surface area contributed by atoms with E-state index in [1.807, 2.05) is 18.2 Å². The number of anilines is 1. The van der Waals surface area contributed by atoms with E-state index in [-0.39, 0.29) is 11.7 Å². The predicted molar refractivity (Wildman–Crippen MR) is 105 cm³/mol. The maximum absolute atomic E-state index is 13.4. The molecule has 8 nitrogen and oxygen atoms in total. The van der Waals surface area contributed by atoms with Gasteiger partial charge in [-0.2, -0.15) is 4.68 Å². The molecule has 0 fully saturated rings. The molecule has 28 heavy (non-hydrogen) atoms. The van der Waals surface area contributed by atoms with Gasteiger partial charge < -0.3 is 10.1 Å². The zero-order chi connectivity index (χ0) is 19.5. The van der Waals surface area contributed by atoms with Crippen molar-refractivity contribution in [2.45, 2.75) is 5.16 Å². The van der Waals surface area contributed by atoms with Crippen LogP contribution in [0, 0.1) is 5.82 Å². The van der Waals surface area contributed by atoms with Crippen molar-refractivity contribution in [3.63, 3.8) is 0 Å². The van der Waals surface area contributed by atoms with Crippen molar-refractivity contribution in [1.29, 1.82) is 0 Å². The van der Waals surface area contributed by atoms with Gasteiger partial charge in [0.05, 0.1) is 28.8 Å². The first-order chi connectivity index (χ1) is 13.6. The molecular formula is C17H13FN6O2S2. The molecule has 1 amide bonds. The predicted octanol–water partition coefficient (Wildman–Crippen LogP) is 3.15. The molecule has 0 spiro atoms. The fourth-order valence-electron chi connectivity index (χ4n) is 2.41. The number of methoxy groups -OCH3 is 1. The average molecular weight is 416 g/mol. The van der Waals surface area contributed by atoms with E-state index < -0.39 is 5.82 Å². The number of fused-ring (bicyclic) bond motifs is 1. The van der Waals surface area contributed by atoms with Gasteiger partial charge in [0.25, 0.3) is 0 Å². The molecule has 0 saturated carbocycles. The molecule has 11 heteroatoms. The Kier molecular flexibility index (Phi) is 5.17. The van der Waals surface area contributed by atoms with Crippen LogP contribution in [-0.2, 0) is 4.79 Å². The van der Waals surface area contributed by atoms with E-state index in [1.165, 1.54) is 28.2 Å². The van der Waals surface area contributed by atoms with E-state index in [1.54, 1.807) is 19.2 Å². The highest BCUT2D eigenvalue weighted by atomic mass is 32.2. The van der Waals surface area contributed by atoms with Gasteiger partial charge in [0.1, 0.15) is 11.6 Å². The number of thiazole rings is 1. The van der Waals surface area contributed by atoms with E-state index >= 15 is 0 Å². The summed E-state index contributed by atoms with van der Waals surface area (Å²) in [7, 11) is 1.60. The molecule has 0 saturated heterocycles. The Hall–Kier alpha value is -3.05. The van der Waals surface area contributed by atoms with Crippen molar-refractivity contribution >= 4 is 44.4 Å². The van der Waals surface area contributed by atoms with Crippen LogP contribution in [-0.4, -0.2) is 44.0 Å². The van der Waals surface area contributed by atoms with Gasteiger partial charge in [-0.15, -0.1) is 5.10 Å². The first-order valence-electron chi connectivity index (χ1n) is 8.04. The molecule has 2 aromatic heterocycles.